The van der Waals surface area contributed by atoms with E-state index < -0.39 is 5.97 Å². The molecular weight excluding hydrogens is 378 g/mol. The summed E-state index contributed by atoms with van der Waals surface area (Å²) >= 11 is 0. The third kappa shape index (κ3) is 4.03. The van der Waals surface area contributed by atoms with Crippen molar-refractivity contribution in [2.24, 2.45) is 5.10 Å². The Morgan fingerprint density at radius 3 is 2.40 bits per heavy atom. The van der Waals surface area contributed by atoms with Crippen molar-refractivity contribution in [3.05, 3.63) is 106 Å². The van der Waals surface area contributed by atoms with Crippen LogP contribution >= 0.6 is 0 Å². The molecule has 0 radical (unpaired) electrons. The lowest BCUT2D eigenvalue weighted by Gasteiger charge is -2.06. The summed E-state index contributed by atoms with van der Waals surface area (Å²) in [7, 11) is 0. The Labute approximate surface area is 173 Å². The van der Waals surface area contributed by atoms with Crippen LogP contribution < -0.4 is 10.3 Å². The van der Waals surface area contributed by atoms with E-state index in [2.05, 4.69) is 10.1 Å². The van der Waals surface area contributed by atoms with Crippen molar-refractivity contribution in [3.63, 3.8) is 0 Å². The monoisotopic (exact) mass is 397 g/mol. The van der Waals surface area contributed by atoms with Gasteiger partial charge in [-0.05, 0) is 67.9 Å². The fraction of sp³-hybridized carbons (Fsp3) is 0.0833. The Morgan fingerprint density at radius 1 is 0.967 bits per heavy atom. The number of nitrogens with zero attached hydrogens (tertiary/aromatic N) is 3. The van der Waals surface area contributed by atoms with Crippen LogP contribution in [0.15, 0.2) is 82.7 Å². The van der Waals surface area contributed by atoms with Gasteiger partial charge in [0.2, 0.25) is 0 Å². The van der Waals surface area contributed by atoms with E-state index in [4.69, 9.17) is 4.74 Å². The van der Waals surface area contributed by atoms with Crippen molar-refractivity contribution in [2.45, 2.75) is 13.8 Å². The summed E-state index contributed by atoms with van der Waals surface area (Å²) in [6.45, 7) is 3.69. The van der Waals surface area contributed by atoms with Crippen LogP contribution in [0.5, 0.6) is 5.75 Å². The van der Waals surface area contributed by atoms with Gasteiger partial charge in [-0.3, -0.25) is 4.79 Å². The van der Waals surface area contributed by atoms with Crippen LogP contribution in [0, 0.1) is 13.8 Å². The van der Waals surface area contributed by atoms with Gasteiger partial charge in [0, 0.05) is 0 Å². The molecule has 1 aromatic heterocycles. The van der Waals surface area contributed by atoms with Gasteiger partial charge < -0.3 is 4.74 Å². The number of aromatic nitrogens is 2. The molecule has 0 spiro atoms. The standard InChI is InChI=1S/C24H19N3O3/c1-16-7-11-19(12-8-16)24(29)30-20-13-9-18(10-14-20)15-25-27-17(2)26-22-6-4-3-5-21(22)23(27)28/h3-15H,1-2H3/b25-15+. The third-order valence-electron chi connectivity index (χ3n) is 4.62. The first-order chi connectivity index (χ1) is 14.5. The quantitative estimate of drug-likeness (QED) is 0.295. The van der Waals surface area contributed by atoms with Gasteiger partial charge >= 0.3 is 5.97 Å². The maximum atomic E-state index is 12.7. The molecule has 0 unspecified atom stereocenters. The molecule has 0 aliphatic rings. The van der Waals surface area contributed by atoms with Crippen LogP contribution in [0.3, 0.4) is 0 Å². The van der Waals surface area contributed by atoms with E-state index in [-0.39, 0.29) is 5.56 Å². The van der Waals surface area contributed by atoms with E-state index >= 15 is 0 Å². The highest BCUT2D eigenvalue weighted by Crippen LogP contribution is 2.14. The maximum Gasteiger partial charge on any atom is 0.343 e. The van der Waals surface area contributed by atoms with Crippen LogP contribution in [-0.2, 0) is 0 Å². The first kappa shape index (κ1) is 19.3. The number of aryl methyl sites for hydroxylation is 2. The zero-order valence-corrected chi connectivity index (χ0v) is 16.6. The number of rotatable bonds is 4. The van der Waals surface area contributed by atoms with Crippen molar-refractivity contribution < 1.29 is 9.53 Å². The molecule has 30 heavy (non-hydrogen) atoms. The molecule has 0 amide bonds. The molecule has 0 saturated heterocycles. The Kier molecular flexibility index (Phi) is 5.22. The van der Waals surface area contributed by atoms with Gasteiger partial charge in [0.05, 0.1) is 22.7 Å². The minimum absolute atomic E-state index is 0.224. The number of hydrogen-bond donors (Lipinski definition) is 0. The fourth-order valence-electron chi connectivity index (χ4n) is 2.97. The lowest BCUT2D eigenvalue weighted by molar-refractivity contribution is 0.0735. The van der Waals surface area contributed by atoms with E-state index in [0.29, 0.717) is 28.0 Å². The molecule has 148 valence electrons. The lowest BCUT2D eigenvalue weighted by Crippen LogP contribution is -2.20. The van der Waals surface area contributed by atoms with Crippen molar-refractivity contribution in [3.8, 4) is 5.75 Å². The first-order valence-corrected chi connectivity index (χ1v) is 9.43. The number of para-hydroxylation sites is 1. The second-order valence-corrected chi connectivity index (χ2v) is 6.86. The van der Waals surface area contributed by atoms with E-state index in [9.17, 15) is 9.59 Å². The van der Waals surface area contributed by atoms with Crippen molar-refractivity contribution >= 4 is 23.1 Å². The molecule has 1 heterocycles. The van der Waals surface area contributed by atoms with Crippen molar-refractivity contribution in [1.29, 1.82) is 0 Å². The molecule has 4 aromatic rings. The number of hydrogen-bond acceptors (Lipinski definition) is 5. The highest BCUT2D eigenvalue weighted by molar-refractivity contribution is 5.91. The van der Waals surface area contributed by atoms with Gasteiger partial charge in [0.1, 0.15) is 11.6 Å². The minimum atomic E-state index is -0.416. The predicted octanol–water partition coefficient (Wildman–Crippen LogP) is 4.11. The number of esters is 1. The molecule has 0 fully saturated rings. The second-order valence-electron chi connectivity index (χ2n) is 6.86. The summed E-state index contributed by atoms with van der Waals surface area (Å²) in [6.07, 6.45) is 1.57. The van der Waals surface area contributed by atoms with Gasteiger partial charge in [0.25, 0.3) is 5.56 Å². The molecule has 6 heteroatoms. The summed E-state index contributed by atoms with van der Waals surface area (Å²) in [6, 6.07) is 21.2. The van der Waals surface area contributed by atoms with Crippen LogP contribution in [-0.4, -0.2) is 21.8 Å². The number of ether oxygens (including phenoxy) is 1. The van der Waals surface area contributed by atoms with E-state index in [0.717, 1.165) is 11.1 Å². The van der Waals surface area contributed by atoms with Crippen LogP contribution in [0.4, 0.5) is 0 Å². The zero-order chi connectivity index (χ0) is 21.1. The molecule has 0 aliphatic carbocycles. The normalized spacial score (nSPS) is 11.1. The first-order valence-electron chi connectivity index (χ1n) is 9.43. The minimum Gasteiger partial charge on any atom is -0.423 e. The zero-order valence-electron chi connectivity index (χ0n) is 16.6. The predicted molar refractivity (Wildman–Crippen MR) is 116 cm³/mol. The van der Waals surface area contributed by atoms with Gasteiger partial charge in [-0.15, -0.1) is 0 Å². The molecule has 0 aliphatic heterocycles. The summed E-state index contributed by atoms with van der Waals surface area (Å²) in [5.41, 5.74) is 2.74. The van der Waals surface area contributed by atoms with Crippen LogP contribution in [0.2, 0.25) is 0 Å². The van der Waals surface area contributed by atoms with Crippen molar-refractivity contribution in [1.82, 2.24) is 9.66 Å². The average Bonchev–Trinajstić information content (AvgIpc) is 2.75. The highest BCUT2D eigenvalue weighted by atomic mass is 16.5. The molecule has 6 nitrogen and oxygen atoms in total. The molecule has 4 rings (SSSR count). The van der Waals surface area contributed by atoms with E-state index in [1.807, 2.05) is 25.1 Å². The van der Waals surface area contributed by atoms with Gasteiger partial charge in [-0.1, -0.05) is 29.8 Å². The summed E-state index contributed by atoms with van der Waals surface area (Å²) in [5, 5.41) is 4.79. The number of carbonyl (C=O) groups is 1. The molecule has 0 N–H and O–H groups in total. The van der Waals surface area contributed by atoms with E-state index in [1.54, 1.807) is 67.7 Å². The maximum absolute atomic E-state index is 12.7. The summed E-state index contributed by atoms with van der Waals surface area (Å²) in [5.74, 6) is 0.512. The number of fused-ring (bicyclic) bond motifs is 1. The van der Waals surface area contributed by atoms with Crippen LogP contribution in [0.1, 0.15) is 27.3 Å². The number of benzene rings is 3. The molecule has 0 atom stereocenters. The highest BCUT2D eigenvalue weighted by Gasteiger charge is 2.08. The van der Waals surface area contributed by atoms with Crippen molar-refractivity contribution in [2.75, 3.05) is 0 Å². The molecule has 3 aromatic carbocycles. The van der Waals surface area contributed by atoms with Gasteiger partial charge in [0.15, 0.2) is 0 Å². The fourth-order valence-corrected chi connectivity index (χ4v) is 2.97. The Morgan fingerprint density at radius 2 is 1.67 bits per heavy atom. The Bertz CT molecular complexity index is 1300. The summed E-state index contributed by atoms with van der Waals surface area (Å²) < 4.78 is 6.67. The topological polar surface area (TPSA) is 73.5 Å². The summed E-state index contributed by atoms with van der Waals surface area (Å²) in [4.78, 5) is 29.3. The van der Waals surface area contributed by atoms with Crippen LogP contribution in [0.25, 0.3) is 10.9 Å². The van der Waals surface area contributed by atoms with Gasteiger partial charge in [-0.2, -0.15) is 9.78 Å². The lowest BCUT2D eigenvalue weighted by atomic mass is 10.1. The van der Waals surface area contributed by atoms with E-state index in [1.165, 1.54) is 4.68 Å². The number of carbonyl (C=O) groups excluding carboxylic acids is 1. The third-order valence-corrected chi connectivity index (χ3v) is 4.62. The second kappa shape index (κ2) is 8.13. The smallest absolute Gasteiger partial charge is 0.343 e. The van der Waals surface area contributed by atoms with Gasteiger partial charge in [-0.25, -0.2) is 9.78 Å². The average molecular weight is 397 g/mol. The molecule has 0 saturated carbocycles. The Hall–Kier alpha value is -4.06. The Balaban J connectivity index is 1.52. The molecule has 0 bridgehead atoms. The SMILES string of the molecule is Cc1ccc(C(=O)Oc2ccc(/C=N/n3c(C)nc4ccccc4c3=O)cc2)cc1. The molecular formula is C24H19N3O3. The largest absolute Gasteiger partial charge is 0.423 e.